The Balaban J connectivity index is 4.45. The molecule has 0 radical (unpaired) electrons. The molecule has 67 heavy (non-hydrogen) atoms. The van der Waals surface area contributed by atoms with Gasteiger partial charge in [0, 0.05) is 19.3 Å². The van der Waals surface area contributed by atoms with Crippen LogP contribution < -0.4 is 5.11 Å². The molecule has 0 bridgehead atoms. The lowest BCUT2D eigenvalue weighted by Crippen LogP contribution is -2.55. The number of nitrogens with zero attached hydrogens (tertiary/aromatic N) is 1. The third-order valence-corrected chi connectivity index (χ3v) is 10.2. The average molecular weight is 926 g/mol. The van der Waals surface area contributed by atoms with Gasteiger partial charge in [-0.25, -0.2) is 0 Å². The maximum Gasteiger partial charge on any atom is 0.306 e. The number of carbonyl (C=O) groups excluding carboxylic acids is 3. The van der Waals surface area contributed by atoms with Crippen LogP contribution in [0.5, 0.6) is 0 Å². The fourth-order valence-electron chi connectivity index (χ4n) is 6.38. The van der Waals surface area contributed by atoms with Crippen molar-refractivity contribution in [2.24, 2.45) is 0 Å². The van der Waals surface area contributed by atoms with E-state index in [-0.39, 0.29) is 49.1 Å². The van der Waals surface area contributed by atoms with Gasteiger partial charge >= 0.3 is 11.9 Å². The number of quaternary nitrogens is 1. The third kappa shape index (κ3) is 46.1. The van der Waals surface area contributed by atoms with E-state index in [1.807, 2.05) is 0 Å². The van der Waals surface area contributed by atoms with Crippen LogP contribution in [0.15, 0.2) is 146 Å². The first kappa shape index (κ1) is 62.2. The Labute approximate surface area is 408 Å². The molecule has 0 saturated heterocycles. The van der Waals surface area contributed by atoms with Gasteiger partial charge in [-0.3, -0.25) is 9.59 Å². The van der Waals surface area contributed by atoms with Gasteiger partial charge in [0.1, 0.15) is 12.6 Å². The largest absolute Gasteiger partial charge is 0.544 e. The molecule has 2 atom stereocenters. The summed E-state index contributed by atoms with van der Waals surface area (Å²) < 4.78 is 17.1. The highest BCUT2D eigenvalue weighted by Gasteiger charge is 2.25. The van der Waals surface area contributed by atoms with Crippen LogP contribution in [0, 0.1) is 0 Å². The highest BCUT2D eigenvalue weighted by atomic mass is 16.6. The number of carbonyl (C=O) groups is 3. The van der Waals surface area contributed by atoms with E-state index >= 15 is 0 Å². The summed E-state index contributed by atoms with van der Waals surface area (Å²) in [7, 11) is 5.37. The van der Waals surface area contributed by atoms with Gasteiger partial charge in [-0.05, 0) is 109 Å². The minimum absolute atomic E-state index is 0.00230. The number of aliphatic carboxylic acids is 1. The summed E-state index contributed by atoms with van der Waals surface area (Å²) in [5, 5.41) is 11.7. The van der Waals surface area contributed by atoms with Crippen LogP contribution in [0.4, 0.5) is 0 Å². The number of unbranched alkanes of at least 4 members (excludes halogenated alkanes) is 5. The third-order valence-electron chi connectivity index (χ3n) is 10.2. The highest BCUT2D eigenvalue weighted by Crippen LogP contribution is 2.11. The van der Waals surface area contributed by atoms with Crippen molar-refractivity contribution in [3.8, 4) is 0 Å². The Morgan fingerprint density at radius 2 is 0.806 bits per heavy atom. The van der Waals surface area contributed by atoms with Crippen molar-refractivity contribution in [2.45, 2.75) is 167 Å². The molecule has 0 aliphatic carbocycles. The van der Waals surface area contributed by atoms with Crippen LogP contribution in [0.25, 0.3) is 0 Å². The van der Waals surface area contributed by atoms with Gasteiger partial charge in [-0.2, -0.15) is 0 Å². The summed E-state index contributed by atoms with van der Waals surface area (Å²) in [4.78, 5) is 37.0. The van der Waals surface area contributed by atoms with Crippen molar-refractivity contribution < 1.29 is 38.2 Å². The zero-order chi connectivity index (χ0) is 49.2. The van der Waals surface area contributed by atoms with E-state index in [1.54, 1.807) is 21.1 Å². The first-order chi connectivity index (χ1) is 32.6. The number of carboxylic acids is 1. The summed E-state index contributed by atoms with van der Waals surface area (Å²) in [6.45, 7) is 4.32. The molecule has 0 aliphatic heterocycles. The molecule has 0 N–H and O–H groups in total. The summed E-state index contributed by atoms with van der Waals surface area (Å²) in [6.07, 6.45) is 70.3. The Kier molecular flexibility index (Phi) is 44.3. The van der Waals surface area contributed by atoms with Crippen LogP contribution in [0.2, 0.25) is 0 Å². The van der Waals surface area contributed by atoms with Crippen molar-refractivity contribution in [1.82, 2.24) is 0 Å². The standard InChI is InChI=1S/C59H91NO7/c1-6-8-10-12-14-16-18-20-22-24-26-28-29-30-32-33-35-37-39-41-43-45-47-49-57(61)66-54-55(53-65-52-51-56(59(63)64)60(3,4)5)67-58(62)50-48-46-44-42-40-38-36-34-31-27-25-23-21-19-17-15-13-11-9-7-2/h8-11,14-17,20-23,26-28,30-32,35-38,42,44,55-56H,6-7,12-13,18-19,24-25,29,33-34,39-41,43,45-54H2,1-5H3/b10-8+,11-9+,16-14+,17-15+,22-20+,23-21+,28-26+,31-27+,32-30+,37-35+,38-36+,44-42+. The average Bonchev–Trinajstić information content (AvgIpc) is 3.29. The SMILES string of the molecule is CC/C=C/C/C=C/C/C=C/C/C=C/C/C=C/C/C=C/CCCCCCC(=O)OCC(COCCC(C(=O)[O-])[N+](C)(C)C)OC(=O)CCC/C=C/C/C=C/C/C=C/C/C=C/C/C=C/C/C=C/CC. The fraction of sp³-hybridized carbons (Fsp3) is 0.542. The van der Waals surface area contributed by atoms with Crippen LogP contribution >= 0.6 is 0 Å². The zero-order valence-corrected chi connectivity index (χ0v) is 42.5. The van der Waals surface area contributed by atoms with E-state index in [2.05, 4.69) is 160 Å². The van der Waals surface area contributed by atoms with Gasteiger partial charge in [0.25, 0.3) is 0 Å². The first-order valence-corrected chi connectivity index (χ1v) is 25.4. The zero-order valence-electron chi connectivity index (χ0n) is 42.5. The van der Waals surface area contributed by atoms with Gasteiger partial charge in [-0.15, -0.1) is 0 Å². The molecule has 0 saturated carbocycles. The van der Waals surface area contributed by atoms with Gasteiger partial charge in [0.05, 0.1) is 40.3 Å². The van der Waals surface area contributed by atoms with Crippen LogP contribution in [0.1, 0.15) is 155 Å². The Morgan fingerprint density at radius 3 is 1.19 bits per heavy atom. The number of rotatable bonds is 43. The maximum absolute atomic E-state index is 12.8. The molecule has 374 valence electrons. The second kappa shape index (κ2) is 47.7. The quantitative estimate of drug-likeness (QED) is 0.0260. The first-order valence-electron chi connectivity index (χ1n) is 25.4. The van der Waals surface area contributed by atoms with Crippen molar-refractivity contribution in [1.29, 1.82) is 0 Å². The van der Waals surface area contributed by atoms with E-state index in [0.717, 1.165) is 116 Å². The molecule has 0 spiro atoms. The van der Waals surface area contributed by atoms with Gasteiger partial charge in [0.2, 0.25) is 0 Å². The molecule has 0 aliphatic rings. The number of likely N-dealkylation sites (N-methyl/N-ethyl adjacent to an activating group) is 1. The topological polar surface area (TPSA) is 102 Å². The van der Waals surface area contributed by atoms with Crippen LogP contribution in [-0.2, 0) is 28.6 Å². The van der Waals surface area contributed by atoms with E-state index in [1.165, 1.54) is 0 Å². The molecule has 0 rings (SSSR count). The van der Waals surface area contributed by atoms with E-state index in [0.29, 0.717) is 12.8 Å². The molecule has 0 aromatic heterocycles. The summed E-state index contributed by atoms with van der Waals surface area (Å²) in [5.41, 5.74) is 0. The number of ether oxygens (including phenoxy) is 3. The Morgan fingerprint density at radius 1 is 0.448 bits per heavy atom. The number of carboxylic acid groups (broad SMARTS) is 1. The van der Waals surface area contributed by atoms with E-state index < -0.39 is 18.1 Å². The Bertz CT molecular complexity index is 1590. The molecule has 0 aromatic rings. The molecule has 8 nitrogen and oxygen atoms in total. The molecule has 0 aromatic carbocycles. The second-order valence-electron chi connectivity index (χ2n) is 17.3. The number of hydrogen-bond acceptors (Lipinski definition) is 7. The van der Waals surface area contributed by atoms with Crippen molar-refractivity contribution in [3.05, 3.63) is 146 Å². The predicted octanol–water partition coefficient (Wildman–Crippen LogP) is 13.6. The summed E-state index contributed by atoms with van der Waals surface area (Å²) in [5.74, 6) is -1.87. The molecular weight excluding hydrogens is 835 g/mol. The summed E-state index contributed by atoms with van der Waals surface area (Å²) in [6, 6.07) is -0.751. The maximum atomic E-state index is 12.8. The fourth-order valence-corrected chi connectivity index (χ4v) is 6.38. The lowest BCUT2D eigenvalue weighted by atomic mass is 10.1. The second-order valence-corrected chi connectivity index (χ2v) is 17.3. The molecule has 0 heterocycles. The molecule has 2 unspecified atom stereocenters. The number of allylic oxidation sites excluding steroid dienone is 24. The van der Waals surface area contributed by atoms with Gasteiger partial charge in [-0.1, -0.05) is 173 Å². The normalized spacial score (nSPS) is 14.1. The Hall–Kier alpha value is -4.79. The summed E-state index contributed by atoms with van der Waals surface area (Å²) >= 11 is 0. The van der Waals surface area contributed by atoms with Gasteiger partial charge < -0.3 is 28.6 Å². The molecule has 0 fully saturated rings. The molecule has 0 amide bonds. The number of hydrogen-bond donors (Lipinski definition) is 0. The highest BCUT2D eigenvalue weighted by molar-refractivity contribution is 5.70. The smallest absolute Gasteiger partial charge is 0.306 e. The monoisotopic (exact) mass is 926 g/mol. The van der Waals surface area contributed by atoms with Crippen LogP contribution in [-0.4, -0.2) is 75.5 Å². The minimum Gasteiger partial charge on any atom is -0.544 e. The van der Waals surface area contributed by atoms with Crippen molar-refractivity contribution >= 4 is 17.9 Å². The lowest BCUT2D eigenvalue weighted by molar-refractivity contribution is -0.889. The minimum atomic E-state index is -1.14. The lowest BCUT2D eigenvalue weighted by Gasteiger charge is -2.34. The van der Waals surface area contributed by atoms with Crippen molar-refractivity contribution in [2.75, 3.05) is 41.0 Å². The van der Waals surface area contributed by atoms with E-state index in [9.17, 15) is 19.5 Å². The predicted molar refractivity (Wildman–Crippen MR) is 281 cm³/mol. The van der Waals surface area contributed by atoms with Gasteiger partial charge in [0.15, 0.2) is 6.10 Å². The van der Waals surface area contributed by atoms with E-state index in [4.69, 9.17) is 14.2 Å². The molecule has 8 heteroatoms. The molecular formula is C59H91NO7. The number of esters is 2. The van der Waals surface area contributed by atoms with Crippen molar-refractivity contribution in [3.63, 3.8) is 0 Å². The van der Waals surface area contributed by atoms with Crippen LogP contribution in [0.3, 0.4) is 0 Å².